The number of ether oxygens (including phenoxy) is 1. The number of hydrogen-bond donors (Lipinski definition) is 0. The molecule has 5 nitrogen and oxygen atoms in total. The van der Waals surface area contributed by atoms with Crippen molar-refractivity contribution in [3.05, 3.63) is 46.2 Å². The second-order valence-corrected chi connectivity index (χ2v) is 4.60. The van der Waals surface area contributed by atoms with Crippen molar-refractivity contribution in [2.75, 3.05) is 6.61 Å². The lowest BCUT2D eigenvalue weighted by Gasteiger charge is -2.05. The summed E-state index contributed by atoms with van der Waals surface area (Å²) in [5.74, 6) is -0.481. The summed E-state index contributed by atoms with van der Waals surface area (Å²) < 4.78 is 7.14. The van der Waals surface area contributed by atoms with E-state index in [-0.39, 0.29) is 5.69 Å². The number of halogens is 1. The van der Waals surface area contributed by atoms with Gasteiger partial charge in [0.1, 0.15) is 0 Å². The van der Waals surface area contributed by atoms with Gasteiger partial charge in [-0.2, -0.15) is 5.10 Å². The van der Waals surface area contributed by atoms with E-state index in [0.717, 1.165) is 10.8 Å². The van der Waals surface area contributed by atoms with Crippen LogP contribution >= 0.6 is 15.9 Å². The van der Waals surface area contributed by atoms with Gasteiger partial charge in [0.2, 0.25) is 0 Å². The number of benzene rings is 1. The third kappa shape index (κ3) is 2.90. The molecule has 0 saturated heterocycles. The lowest BCUT2D eigenvalue weighted by atomic mass is 10.2. The van der Waals surface area contributed by atoms with Gasteiger partial charge < -0.3 is 4.74 Å². The Hall–Kier alpha value is -1.95. The van der Waals surface area contributed by atoms with Crippen molar-refractivity contribution in [2.24, 2.45) is 0 Å². The average Bonchev–Trinajstić information content (AvgIpc) is 2.88. The fourth-order valence-electron chi connectivity index (χ4n) is 1.60. The van der Waals surface area contributed by atoms with E-state index in [1.165, 1.54) is 4.68 Å². The number of aromatic nitrogens is 2. The van der Waals surface area contributed by atoms with Gasteiger partial charge in [0.25, 0.3) is 0 Å². The minimum Gasteiger partial charge on any atom is -0.461 e. The molecule has 1 heterocycles. The molecule has 2 aromatic rings. The molecular weight excluding hydrogens is 312 g/mol. The molecule has 0 radical (unpaired) electrons. The van der Waals surface area contributed by atoms with Crippen molar-refractivity contribution in [3.8, 4) is 5.69 Å². The topological polar surface area (TPSA) is 61.2 Å². The molecule has 1 aromatic heterocycles. The zero-order chi connectivity index (χ0) is 13.8. The molecule has 98 valence electrons. The minimum atomic E-state index is -0.481. The molecule has 0 aliphatic rings. The maximum absolute atomic E-state index is 11.5. The summed E-state index contributed by atoms with van der Waals surface area (Å²) in [5, 5.41) is 4.11. The van der Waals surface area contributed by atoms with Gasteiger partial charge >= 0.3 is 5.97 Å². The quantitative estimate of drug-likeness (QED) is 0.641. The van der Waals surface area contributed by atoms with E-state index in [1.54, 1.807) is 37.4 Å². The van der Waals surface area contributed by atoms with Gasteiger partial charge in [0.15, 0.2) is 12.0 Å². The molecule has 0 aliphatic carbocycles. The summed E-state index contributed by atoms with van der Waals surface area (Å²) in [6, 6.07) is 6.78. The maximum atomic E-state index is 11.5. The van der Waals surface area contributed by atoms with Crippen molar-refractivity contribution < 1.29 is 14.3 Å². The Bertz CT molecular complexity index is 622. The smallest absolute Gasteiger partial charge is 0.358 e. The van der Waals surface area contributed by atoms with Crippen molar-refractivity contribution in [1.29, 1.82) is 0 Å². The van der Waals surface area contributed by atoms with Crippen LogP contribution in [-0.2, 0) is 4.74 Å². The molecule has 0 unspecified atom stereocenters. The lowest BCUT2D eigenvalue weighted by molar-refractivity contribution is 0.0519. The van der Waals surface area contributed by atoms with Gasteiger partial charge in [-0.1, -0.05) is 15.9 Å². The summed E-state index contributed by atoms with van der Waals surface area (Å²) in [5.41, 5.74) is 1.29. The largest absolute Gasteiger partial charge is 0.461 e. The number of carbonyl (C=O) groups excluding carboxylic acids is 2. The summed E-state index contributed by atoms with van der Waals surface area (Å²) in [6.45, 7) is 2.03. The normalized spacial score (nSPS) is 10.2. The fraction of sp³-hybridized carbons (Fsp3) is 0.154. The van der Waals surface area contributed by atoms with Gasteiger partial charge in [0.05, 0.1) is 12.3 Å². The highest BCUT2D eigenvalue weighted by molar-refractivity contribution is 9.10. The van der Waals surface area contributed by atoms with Crippen LogP contribution in [0.1, 0.15) is 27.8 Å². The Morgan fingerprint density at radius 3 is 2.95 bits per heavy atom. The van der Waals surface area contributed by atoms with E-state index >= 15 is 0 Å². The third-order valence-corrected chi connectivity index (χ3v) is 2.93. The minimum absolute atomic E-state index is 0.210. The highest BCUT2D eigenvalue weighted by Gasteiger charge is 2.12. The number of aldehydes is 1. The highest BCUT2D eigenvalue weighted by Crippen LogP contribution is 2.18. The van der Waals surface area contributed by atoms with E-state index in [0.29, 0.717) is 17.9 Å². The second kappa shape index (κ2) is 5.79. The zero-order valence-corrected chi connectivity index (χ0v) is 11.8. The standard InChI is InChI=1S/C13H11BrN2O3/c1-2-19-13(18)11-5-6-16(15-11)12-4-3-10(14)7-9(12)8-17/h3-8H,2H2,1H3. The van der Waals surface area contributed by atoms with Crippen molar-refractivity contribution in [1.82, 2.24) is 9.78 Å². The van der Waals surface area contributed by atoms with Crippen LogP contribution in [0.15, 0.2) is 34.9 Å². The first-order valence-electron chi connectivity index (χ1n) is 5.63. The van der Waals surface area contributed by atoms with Crippen molar-refractivity contribution >= 4 is 28.2 Å². The number of hydrogen-bond acceptors (Lipinski definition) is 4. The van der Waals surface area contributed by atoms with E-state index in [9.17, 15) is 9.59 Å². The SMILES string of the molecule is CCOC(=O)c1ccn(-c2ccc(Br)cc2C=O)n1. The highest BCUT2D eigenvalue weighted by atomic mass is 79.9. The molecule has 0 bridgehead atoms. The van der Waals surface area contributed by atoms with E-state index in [2.05, 4.69) is 21.0 Å². The third-order valence-electron chi connectivity index (χ3n) is 2.44. The zero-order valence-electron chi connectivity index (χ0n) is 10.2. The predicted octanol–water partition coefficient (Wildman–Crippen LogP) is 2.62. The molecule has 2 rings (SSSR count). The van der Waals surface area contributed by atoms with Crippen LogP contribution in [0.5, 0.6) is 0 Å². The Balaban J connectivity index is 2.38. The lowest BCUT2D eigenvalue weighted by Crippen LogP contribution is -2.07. The van der Waals surface area contributed by atoms with Crippen molar-refractivity contribution in [2.45, 2.75) is 6.92 Å². The number of esters is 1. The number of rotatable bonds is 4. The van der Waals surface area contributed by atoms with E-state index in [4.69, 9.17) is 4.74 Å². The first kappa shape index (κ1) is 13.5. The van der Waals surface area contributed by atoms with Crippen LogP contribution in [0.25, 0.3) is 5.69 Å². The molecule has 0 saturated carbocycles. The van der Waals surface area contributed by atoms with Crippen LogP contribution in [0.3, 0.4) is 0 Å². The van der Waals surface area contributed by atoms with Crippen LogP contribution in [0.4, 0.5) is 0 Å². The molecule has 6 heteroatoms. The fourth-order valence-corrected chi connectivity index (χ4v) is 1.98. The first-order chi connectivity index (χ1) is 9.15. The number of nitrogens with zero attached hydrogens (tertiary/aromatic N) is 2. The molecule has 0 amide bonds. The van der Waals surface area contributed by atoms with E-state index in [1.807, 2.05) is 0 Å². The van der Waals surface area contributed by atoms with Gasteiger partial charge in [0, 0.05) is 16.2 Å². The summed E-state index contributed by atoms with van der Waals surface area (Å²) in [4.78, 5) is 22.6. The Labute approximate surface area is 118 Å². The Morgan fingerprint density at radius 1 is 1.47 bits per heavy atom. The first-order valence-corrected chi connectivity index (χ1v) is 6.43. The summed E-state index contributed by atoms with van der Waals surface area (Å²) in [7, 11) is 0. The Kier molecular flexibility index (Phi) is 4.11. The maximum Gasteiger partial charge on any atom is 0.358 e. The van der Waals surface area contributed by atoms with Crippen LogP contribution in [-0.4, -0.2) is 28.6 Å². The van der Waals surface area contributed by atoms with Gasteiger partial charge in [-0.3, -0.25) is 4.79 Å². The molecule has 0 fully saturated rings. The molecule has 19 heavy (non-hydrogen) atoms. The Morgan fingerprint density at radius 2 is 2.26 bits per heavy atom. The van der Waals surface area contributed by atoms with Gasteiger partial charge in [-0.05, 0) is 31.2 Å². The summed E-state index contributed by atoms with van der Waals surface area (Å²) in [6.07, 6.45) is 2.36. The molecule has 1 aromatic carbocycles. The molecule has 0 atom stereocenters. The van der Waals surface area contributed by atoms with Crippen molar-refractivity contribution in [3.63, 3.8) is 0 Å². The second-order valence-electron chi connectivity index (χ2n) is 3.69. The summed E-state index contributed by atoms with van der Waals surface area (Å²) >= 11 is 3.30. The molecule has 0 N–H and O–H groups in total. The van der Waals surface area contributed by atoms with Gasteiger partial charge in [-0.15, -0.1) is 0 Å². The molecule has 0 aliphatic heterocycles. The van der Waals surface area contributed by atoms with Crippen LogP contribution < -0.4 is 0 Å². The predicted molar refractivity (Wildman–Crippen MR) is 72.6 cm³/mol. The van der Waals surface area contributed by atoms with Crippen LogP contribution in [0.2, 0.25) is 0 Å². The molecule has 0 spiro atoms. The van der Waals surface area contributed by atoms with Gasteiger partial charge in [-0.25, -0.2) is 9.48 Å². The molecular formula is C13H11BrN2O3. The average molecular weight is 323 g/mol. The number of carbonyl (C=O) groups is 2. The van der Waals surface area contributed by atoms with E-state index < -0.39 is 5.97 Å². The van der Waals surface area contributed by atoms with Crippen LogP contribution in [0, 0.1) is 0 Å². The monoisotopic (exact) mass is 322 g/mol.